The van der Waals surface area contributed by atoms with E-state index in [0.717, 1.165) is 19.4 Å². The van der Waals surface area contributed by atoms with Gasteiger partial charge in [0.15, 0.2) is 0 Å². The first-order chi connectivity index (χ1) is 18.0. The van der Waals surface area contributed by atoms with Crippen LogP contribution in [0.4, 0.5) is 0 Å². The van der Waals surface area contributed by atoms with Gasteiger partial charge in [0.1, 0.15) is 0 Å². The summed E-state index contributed by atoms with van der Waals surface area (Å²) >= 11 is 12.1. The summed E-state index contributed by atoms with van der Waals surface area (Å²) in [5, 5.41) is 7.36. The maximum Gasteiger partial charge on any atom is 0.251 e. The second kappa shape index (κ2) is 13.8. The molecule has 0 unspecified atom stereocenters. The minimum Gasteiger partial charge on any atom is -0.350 e. The monoisotopic (exact) mass is 560 g/mol. The number of rotatable bonds is 10. The van der Waals surface area contributed by atoms with Gasteiger partial charge in [-0.2, -0.15) is 0 Å². The van der Waals surface area contributed by atoms with Crippen LogP contribution in [0.1, 0.15) is 68.8 Å². The molecule has 0 spiro atoms. The van der Waals surface area contributed by atoms with E-state index in [9.17, 15) is 9.59 Å². The van der Waals surface area contributed by atoms with Gasteiger partial charge in [-0.15, -0.1) is 0 Å². The highest BCUT2D eigenvalue weighted by Crippen LogP contribution is 2.24. The summed E-state index contributed by atoms with van der Waals surface area (Å²) in [4.78, 5) is 30.9. The van der Waals surface area contributed by atoms with Crippen molar-refractivity contribution in [2.24, 2.45) is 0 Å². The Balaban J connectivity index is 1.72. The minimum absolute atomic E-state index is 0.0152. The SMILES string of the molecule is CC[C@H](CN1CC[C@H](CNC(=O)c2ccc(Cl)c(Cl)c2)N[C@H](CCN(C)C(C)(C)C)C1=O)c1ccccc1. The Morgan fingerprint density at radius 2 is 1.87 bits per heavy atom. The fourth-order valence-electron chi connectivity index (χ4n) is 4.71. The van der Waals surface area contributed by atoms with E-state index < -0.39 is 0 Å². The van der Waals surface area contributed by atoms with Crippen LogP contribution in [-0.2, 0) is 4.79 Å². The van der Waals surface area contributed by atoms with Crippen molar-refractivity contribution in [1.29, 1.82) is 0 Å². The van der Waals surface area contributed by atoms with Crippen molar-refractivity contribution in [1.82, 2.24) is 20.4 Å². The van der Waals surface area contributed by atoms with E-state index in [2.05, 4.69) is 74.5 Å². The average Bonchev–Trinajstić information content (AvgIpc) is 3.04. The van der Waals surface area contributed by atoms with Crippen LogP contribution in [0.2, 0.25) is 10.0 Å². The van der Waals surface area contributed by atoms with Crippen molar-refractivity contribution in [3.05, 3.63) is 69.7 Å². The maximum atomic E-state index is 13.8. The summed E-state index contributed by atoms with van der Waals surface area (Å²) < 4.78 is 0. The van der Waals surface area contributed by atoms with Crippen molar-refractivity contribution in [2.75, 3.05) is 33.2 Å². The predicted molar refractivity (Wildman–Crippen MR) is 157 cm³/mol. The Morgan fingerprint density at radius 3 is 2.50 bits per heavy atom. The summed E-state index contributed by atoms with van der Waals surface area (Å²) in [5.41, 5.74) is 1.73. The number of nitrogens with zero attached hydrogens (tertiary/aromatic N) is 2. The third-order valence-corrected chi connectivity index (χ3v) is 8.33. The zero-order valence-corrected chi connectivity index (χ0v) is 24.8. The van der Waals surface area contributed by atoms with Gasteiger partial charge in [0.05, 0.1) is 16.1 Å². The van der Waals surface area contributed by atoms with Crippen LogP contribution in [0.3, 0.4) is 0 Å². The van der Waals surface area contributed by atoms with E-state index in [4.69, 9.17) is 23.2 Å². The van der Waals surface area contributed by atoms with E-state index >= 15 is 0 Å². The van der Waals surface area contributed by atoms with Crippen LogP contribution >= 0.6 is 23.2 Å². The van der Waals surface area contributed by atoms with Crippen molar-refractivity contribution in [2.45, 2.75) is 70.5 Å². The molecule has 0 aliphatic carbocycles. The number of nitrogens with one attached hydrogen (secondary N) is 2. The molecule has 0 bridgehead atoms. The molecule has 1 aliphatic rings. The van der Waals surface area contributed by atoms with Gasteiger partial charge in [-0.1, -0.05) is 60.5 Å². The Bertz CT molecular complexity index is 1070. The van der Waals surface area contributed by atoms with Crippen LogP contribution in [0.5, 0.6) is 0 Å². The molecule has 3 atom stereocenters. The molecule has 208 valence electrons. The minimum atomic E-state index is -0.317. The Morgan fingerprint density at radius 1 is 1.16 bits per heavy atom. The molecular weight excluding hydrogens is 519 g/mol. The number of benzene rings is 2. The number of hydrogen-bond donors (Lipinski definition) is 2. The first-order valence-corrected chi connectivity index (χ1v) is 14.3. The van der Waals surface area contributed by atoms with Crippen LogP contribution in [0.15, 0.2) is 48.5 Å². The Labute approximate surface area is 238 Å². The largest absolute Gasteiger partial charge is 0.350 e. The van der Waals surface area contributed by atoms with Crippen LogP contribution in [-0.4, -0.2) is 72.5 Å². The normalized spacial score (nSPS) is 19.4. The summed E-state index contributed by atoms with van der Waals surface area (Å²) in [6.45, 7) is 11.2. The molecule has 2 amide bonds. The second-order valence-electron chi connectivity index (χ2n) is 11.2. The van der Waals surface area contributed by atoms with Gasteiger partial charge < -0.3 is 20.4 Å². The molecule has 2 aromatic carbocycles. The quantitative estimate of drug-likeness (QED) is 0.397. The molecule has 2 N–H and O–H groups in total. The predicted octanol–water partition coefficient (Wildman–Crippen LogP) is 5.60. The molecule has 0 aromatic heterocycles. The average molecular weight is 562 g/mol. The molecule has 38 heavy (non-hydrogen) atoms. The van der Waals surface area contributed by atoms with Crippen LogP contribution in [0, 0.1) is 0 Å². The molecule has 1 fully saturated rings. The molecule has 1 aliphatic heterocycles. The van der Waals surface area contributed by atoms with E-state index in [1.807, 2.05) is 11.0 Å². The second-order valence-corrected chi connectivity index (χ2v) is 12.0. The van der Waals surface area contributed by atoms with Crippen LogP contribution < -0.4 is 10.6 Å². The zero-order valence-electron chi connectivity index (χ0n) is 23.3. The van der Waals surface area contributed by atoms with Gasteiger partial charge in [0.2, 0.25) is 5.91 Å². The highest BCUT2D eigenvalue weighted by molar-refractivity contribution is 6.42. The molecule has 6 nitrogen and oxygen atoms in total. The van der Waals surface area contributed by atoms with Gasteiger partial charge >= 0.3 is 0 Å². The lowest BCUT2D eigenvalue weighted by Gasteiger charge is -2.34. The molecule has 0 radical (unpaired) electrons. The van der Waals surface area contributed by atoms with E-state index in [-0.39, 0.29) is 35.4 Å². The molecule has 0 saturated carbocycles. The third-order valence-electron chi connectivity index (χ3n) is 7.59. The van der Waals surface area contributed by atoms with E-state index in [1.54, 1.807) is 18.2 Å². The summed E-state index contributed by atoms with van der Waals surface area (Å²) in [6, 6.07) is 14.9. The first kappa shape index (κ1) is 30.4. The van der Waals surface area contributed by atoms with Gasteiger partial charge in [0.25, 0.3) is 5.91 Å². The molecule has 2 aromatic rings. The standard InChI is InChI=1S/C30H42Cl2N4O2/c1-6-21(22-10-8-7-9-11-22)20-36-17-14-24(19-33-28(37)23-12-13-25(31)26(32)18-23)34-27(29(36)38)15-16-35(5)30(2,3)4/h7-13,18,21,24,27,34H,6,14-17,19-20H2,1-5H3,(H,33,37)/t21-,24-,27-/m1/s1. The fourth-order valence-corrected chi connectivity index (χ4v) is 5.00. The molecule has 8 heteroatoms. The number of halogens is 2. The Hall–Kier alpha value is -2.12. The Kier molecular flexibility index (Phi) is 11.0. The van der Waals surface area contributed by atoms with Crippen molar-refractivity contribution in [3.63, 3.8) is 0 Å². The maximum absolute atomic E-state index is 13.8. The van der Waals surface area contributed by atoms with Gasteiger partial charge in [-0.05, 0) is 70.8 Å². The lowest BCUT2D eigenvalue weighted by Crippen LogP contribution is -2.51. The summed E-state index contributed by atoms with van der Waals surface area (Å²) in [6.07, 6.45) is 2.41. The van der Waals surface area contributed by atoms with Crippen molar-refractivity contribution in [3.8, 4) is 0 Å². The van der Waals surface area contributed by atoms with Gasteiger partial charge in [-0.25, -0.2) is 0 Å². The highest BCUT2D eigenvalue weighted by atomic mass is 35.5. The topological polar surface area (TPSA) is 64.7 Å². The lowest BCUT2D eigenvalue weighted by atomic mass is 9.95. The highest BCUT2D eigenvalue weighted by Gasteiger charge is 2.33. The zero-order chi connectivity index (χ0) is 27.9. The number of carbonyl (C=O) groups excluding carboxylic acids is 2. The van der Waals surface area contributed by atoms with Gasteiger partial charge in [-0.3, -0.25) is 9.59 Å². The van der Waals surface area contributed by atoms with E-state index in [1.165, 1.54) is 5.56 Å². The number of amides is 2. The number of carbonyl (C=O) groups is 2. The van der Waals surface area contributed by atoms with Crippen LogP contribution in [0.25, 0.3) is 0 Å². The summed E-state index contributed by atoms with van der Waals surface area (Å²) in [7, 11) is 2.09. The van der Waals surface area contributed by atoms with Gasteiger partial charge in [0, 0.05) is 49.2 Å². The number of hydrogen-bond acceptors (Lipinski definition) is 4. The lowest BCUT2D eigenvalue weighted by molar-refractivity contribution is -0.133. The first-order valence-electron chi connectivity index (χ1n) is 13.5. The van der Waals surface area contributed by atoms with Crippen molar-refractivity contribution >= 4 is 35.0 Å². The van der Waals surface area contributed by atoms with Crippen molar-refractivity contribution < 1.29 is 9.59 Å². The molecule has 3 rings (SSSR count). The molecule has 1 heterocycles. The fraction of sp³-hybridized carbons (Fsp3) is 0.533. The molecular formula is C30H42Cl2N4O2. The summed E-state index contributed by atoms with van der Waals surface area (Å²) in [5.74, 6) is 0.209. The van der Waals surface area contributed by atoms with E-state index in [0.29, 0.717) is 41.7 Å². The molecule has 1 saturated heterocycles. The third kappa shape index (κ3) is 8.44. The smallest absolute Gasteiger partial charge is 0.251 e.